The van der Waals surface area contributed by atoms with Crippen LogP contribution in [-0.4, -0.2) is 21.4 Å². The van der Waals surface area contributed by atoms with Gasteiger partial charge >= 0.3 is 0 Å². The number of hydrogen-bond donors (Lipinski definition) is 1. The van der Waals surface area contributed by atoms with E-state index in [-0.39, 0.29) is 12.3 Å². The van der Waals surface area contributed by atoms with Gasteiger partial charge in [-0.2, -0.15) is 0 Å². The van der Waals surface area contributed by atoms with Gasteiger partial charge in [-0.1, -0.05) is 30.0 Å². The largest absolute Gasteiger partial charge is 0.326 e. The van der Waals surface area contributed by atoms with Gasteiger partial charge in [0.2, 0.25) is 5.91 Å². The number of amides is 1. The number of aromatic nitrogens is 1. The molecule has 4 nitrogen and oxygen atoms in total. The Morgan fingerprint density at radius 2 is 1.92 bits per heavy atom. The second-order valence-corrected chi connectivity index (χ2v) is 9.19. The van der Waals surface area contributed by atoms with Gasteiger partial charge in [-0.05, 0) is 42.8 Å². The van der Waals surface area contributed by atoms with E-state index in [2.05, 4.69) is 10.3 Å². The number of aryl methyl sites for hydroxylation is 1. The quantitative estimate of drug-likeness (QED) is 0.658. The zero-order valence-electron chi connectivity index (χ0n) is 14.4. The first-order valence-corrected chi connectivity index (χ1v) is 11.2. The number of nitrogens with zero attached hydrogens (tertiary/aromatic N) is 1. The molecule has 0 radical (unpaired) electrons. The van der Waals surface area contributed by atoms with Crippen molar-refractivity contribution in [1.82, 2.24) is 4.98 Å². The lowest BCUT2D eigenvalue weighted by atomic mass is 10.1. The van der Waals surface area contributed by atoms with Gasteiger partial charge in [0.15, 0.2) is 4.34 Å². The first-order valence-electron chi connectivity index (χ1n) is 7.92. The predicted molar refractivity (Wildman–Crippen MR) is 109 cm³/mol. The van der Waals surface area contributed by atoms with Crippen LogP contribution in [0.2, 0.25) is 0 Å². The highest BCUT2D eigenvalue weighted by molar-refractivity contribution is 8.01. The fourth-order valence-electron chi connectivity index (χ4n) is 2.39. The van der Waals surface area contributed by atoms with E-state index < -0.39 is 10.8 Å². The molecule has 7 heteroatoms. The van der Waals surface area contributed by atoms with Crippen molar-refractivity contribution in [2.24, 2.45) is 0 Å². The summed E-state index contributed by atoms with van der Waals surface area (Å²) in [5.74, 6) is -0.126. The van der Waals surface area contributed by atoms with Gasteiger partial charge < -0.3 is 5.32 Å². The van der Waals surface area contributed by atoms with Crippen molar-refractivity contribution in [2.45, 2.75) is 27.5 Å². The van der Waals surface area contributed by atoms with E-state index in [1.54, 1.807) is 35.4 Å². The van der Waals surface area contributed by atoms with Gasteiger partial charge in [0.1, 0.15) is 0 Å². The average molecular weight is 403 g/mol. The molecule has 0 bridgehead atoms. The highest BCUT2D eigenvalue weighted by Crippen LogP contribution is 2.30. The SMILES string of the molecule is Cc1csc(Sc2ccc(NC(=O)Cc3ccccc3[S@@](C)=O)cc2)n1. The molecule has 3 aromatic rings. The summed E-state index contributed by atoms with van der Waals surface area (Å²) < 4.78 is 12.8. The Morgan fingerprint density at radius 3 is 2.58 bits per heavy atom. The molecule has 1 aromatic heterocycles. The number of hydrogen-bond acceptors (Lipinski definition) is 5. The topological polar surface area (TPSA) is 59.1 Å². The van der Waals surface area contributed by atoms with Crippen molar-refractivity contribution in [1.29, 1.82) is 0 Å². The van der Waals surface area contributed by atoms with Crippen LogP contribution in [0.1, 0.15) is 11.3 Å². The van der Waals surface area contributed by atoms with E-state index in [0.717, 1.165) is 26.2 Å². The molecule has 0 fully saturated rings. The van der Waals surface area contributed by atoms with Crippen LogP contribution in [0.25, 0.3) is 0 Å². The number of rotatable bonds is 6. The Morgan fingerprint density at radius 1 is 1.19 bits per heavy atom. The monoisotopic (exact) mass is 402 g/mol. The molecule has 0 spiro atoms. The minimum absolute atomic E-state index is 0.126. The number of anilines is 1. The third-order valence-corrected chi connectivity index (χ3v) is 6.66. The van der Waals surface area contributed by atoms with E-state index >= 15 is 0 Å². The number of carbonyl (C=O) groups is 1. The summed E-state index contributed by atoms with van der Waals surface area (Å²) in [6.45, 7) is 1.98. The van der Waals surface area contributed by atoms with Gasteiger partial charge in [0, 0.05) is 32.8 Å². The molecule has 0 saturated heterocycles. The first-order chi connectivity index (χ1) is 12.5. The van der Waals surface area contributed by atoms with Gasteiger partial charge in [0.05, 0.1) is 17.2 Å². The van der Waals surface area contributed by atoms with Gasteiger partial charge in [-0.3, -0.25) is 9.00 Å². The molecule has 134 valence electrons. The van der Waals surface area contributed by atoms with Crippen molar-refractivity contribution < 1.29 is 9.00 Å². The molecule has 0 aliphatic rings. The van der Waals surface area contributed by atoms with Crippen molar-refractivity contribution in [3.63, 3.8) is 0 Å². The Kier molecular flexibility index (Phi) is 6.24. The molecule has 0 aliphatic heterocycles. The summed E-state index contributed by atoms with van der Waals surface area (Å²) in [4.78, 5) is 18.5. The Labute approximate surface area is 163 Å². The van der Waals surface area contributed by atoms with Crippen LogP contribution in [0, 0.1) is 6.92 Å². The highest BCUT2D eigenvalue weighted by Gasteiger charge is 2.10. The number of nitrogens with one attached hydrogen (secondary N) is 1. The summed E-state index contributed by atoms with van der Waals surface area (Å²) in [6, 6.07) is 15.0. The Bertz CT molecular complexity index is 936. The van der Waals surface area contributed by atoms with E-state index in [0.29, 0.717) is 4.90 Å². The lowest BCUT2D eigenvalue weighted by Gasteiger charge is -2.09. The van der Waals surface area contributed by atoms with Crippen LogP contribution in [0.5, 0.6) is 0 Å². The minimum atomic E-state index is -1.11. The summed E-state index contributed by atoms with van der Waals surface area (Å²) >= 11 is 3.23. The standard InChI is InChI=1S/C19H18N2O2S3/c1-13-12-24-19(20-13)25-16-9-7-15(8-10-16)21-18(22)11-14-5-3-4-6-17(14)26(2)23/h3-10,12H,11H2,1-2H3,(H,21,22)/t26-/m1/s1. The summed E-state index contributed by atoms with van der Waals surface area (Å²) in [6.07, 6.45) is 1.82. The molecular weight excluding hydrogens is 384 g/mol. The average Bonchev–Trinajstić information content (AvgIpc) is 3.02. The third-order valence-electron chi connectivity index (χ3n) is 3.57. The molecular formula is C19H18N2O2S3. The summed E-state index contributed by atoms with van der Waals surface area (Å²) in [5, 5.41) is 4.92. The molecule has 1 N–H and O–H groups in total. The van der Waals surface area contributed by atoms with Crippen molar-refractivity contribution in [3.8, 4) is 0 Å². The highest BCUT2D eigenvalue weighted by atomic mass is 32.2. The smallest absolute Gasteiger partial charge is 0.228 e. The second-order valence-electron chi connectivity index (χ2n) is 5.67. The zero-order chi connectivity index (χ0) is 18.5. The number of thiazole rings is 1. The first kappa shape index (κ1) is 18.8. The minimum Gasteiger partial charge on any atom is -0.326 e. The van der Waals surface area contributed by atoms with E-state index in [1.807, 2.05) is 54.8 Å². The molecule has 1 amide bonds. The Balaban J connectivity index is 1.62. The van der Waals surface area contributed by atoms with Crippen LogP contribution in [0.15, 0.2) is 68.0 Å². The number of carbonyl (C=O) groups excluding carboxylic acids is 1. The van der Waals surface area contributed by atoms with Crippen molar-refractivity contribution >= 4 is 45.5 Å². The predicted octanol–water partition coefficient (Wildman–Crippen LogP) is 4.52. The van der Waals surface area contributed by atoms with Gasteiger partial charge in [-0.25, -0.2) is 4.98 Å². The van der Waals surface area contributed by atoms with E-state index in [1.165, 1.54) is 0 Å². The van der Waals surface area contributed by atoms with Gasteiger partial charge in [0.25, 0.3) is 0 Å². The summed E-state index contributed by atoms with van der Waals surface area (Å²) in [7, 11) is -1.11. The van der Waals surface area contributed by atoms with Crippen LogP contribution < -0.4 is 5.32 Å². The maximum atomic E-state index is 12.3. The molecule has 2 aromatic carbocycles. The van der Waals surface area contributed by atoms with Crippen molar-refractivity contribution in [2.75, 3.05) is 11.6 Å². The van der Waals surface area contributed by atoms with Crippen LogP contribution in [0.3, 0.4) is 0 Å². The lowest BCUT2D eigenvalue weighted by molar-refractivity contribution is -0.115. The van der Waals surface area contributed by atoms with Crippen LogP contribution >= 0.6 is 23.1 Å². The molecule has 1 atom stereocenters. The maximum absolute atomic E-state index is 12.3. The van der Waals surface area contributed by atoms with Crippen molar-refractivity contribution in [3.05, 3.63) is 65.2 Å². The summed E-state index contributed by atoms with van der Waals surface area (Å²) in [5.41, 5.74) is 2.55. The second kappa shape index (κ2) is 8.62. The zero-order valence-corrected chi connectivity index (χ0v) is 16.8. The molecule has 26 heavy (non-hydrogen) atoms. The molecule has 3 rings (SSSR count). The van der Waals surface area contributed by atoms with Gasteiger partial charge in [-0.15, -0.1) is 11.3 Å². The molecule has 0 unspecified atom stereocenters. The fourth-order valence-corrected chi connectivity index (χ4v) is 4.98. The molecule has 0 saturated carbocycles. The lowest BCUT2D eigenvalue weighted by Crippen LogP contribution is -2.15. The fraction of sp³-hybridized carbons (Fsp3) is 0.158. The molecule has 0 aliphatic carbocycles. The molecule has 1 heterocycles. The van der Waals surface area contributed by atoms with Crippen LogP contribution in [0.4, 0.5) is 5.69 Å². The van der Waals surface area contributed by atoms with Crippen LogP contribution in [-0.2, 0) is 22.0 Å². The normalized spacial score (nSPS) is 11.9. The Hall–Kier alpha value is -1.96. The van der Waals surface area contributed by atoms with E-state index in [9.17, 15) is 9.00 Å². The van der Waals surface area contributed by atoms with E-state index in [4.69, 9.17) is 0 Å². The number of benzene rings is 2. The third kappa shape index (κ3) is 5.03. The maximum Gasteiger partial charge on any atom is 0.228 e.